The molecule has 7 nitrogen and oxygen atoms in total. The fourth-order valence-electron chi connectivity index (χ4n) is 2.42. The average Bonchev–Trinajstić information content (AvgIpc) is 2.53. The van der Waals surface area contributed by atoms with Crippen molar-refractivity contribution in [1.29, 1.82) is 0 Å². The van der Waals surface area contributed by atoms with E-state index >= 15 is 0 Å². The first-order chi connectivity index (χ1) is 11.4. The second kappa shape index (κ2) is 11.3. The van der Waals surface area contributed by atoms with Gasteiger partial charge >= 0.3 is 0 Å². The van der Waals surface area contributed by atoms with Crippen LogP contribution in [-0.4, -0.2) is 60.1 Å². The standard InChI is InChI=1S/C17H34N6O/c1-6-20-22-14(3)8-7-13(2)21-17(24)10-18-11-23-12-19-15(4)9-16(23)5/h9,11,13-14,17,20-22,24H,6-8,10,12H2,1-5H3. The molecule has 1 aliphatic heterocycles. The van der Waals surface area contributed by atoms with Gasteiger partial charge in [0.2, 0.25) is 0 Å². The highest BCUT2D eigenvalue weighted by Gasteiger charge is 2.11. The van der Waals surface area contributed by atoms with Gasteiger partial charge in [0, 0.05) is 30.0 Å². The van der Waals surface area contributed by atoms with Gasteiger partial charge in [-0.15, -0.1) is 0 Å². The molecule has 0 amide bonds. The van der Waals surface area contributed by atoms with Crippen LogP contribution in [0.25, 0.3) is 0 Å². The van der Waals surface area contributed by atoms with Crippen LogP contribution in [0.3, 0.4) is 0 Å². The van der Waals surface area contributed by atoms with E-state index in [4.69, 9.17) is 0 Å². The number of allylic oxidation sites excluding steroid dienone is 2. The first kappa shape index (κ1) is 20.8. The van der Waals surface area contributed by atoms with Gasteiger partial charge in [0.1, 0.15) is 12.9 Å². The molecule has 3 atom stereocenters. The Morgan fingerprint density at radius 3 is 2.71 bits per heavy atom. The SMILES string of the molecule is CCNNC(C)CCC(C)NC(O)CN=CN1CN=C(C)C=C1C. The molecule has 0 aliphatic carbocycles. The van der Waals surface area contributed by atoms with Crippen LogP contribution < -0.4 is 16.2 Å². The summed E-state index contributed by atoms with van der Waals surface area (Å²) in [5.41, 5.74) is 8.50. The number of hydrazine groups is 1. The van der Waals surface area contributed by atoms with E-state index in [1.807, 2.05) is 24.8 Å². The summed E-state index contributed by atoms with van der Waals surface area (Å²) in [5, 5.41) is 13.2. The van der Waals surface area contributed by atoms with Crippen molar-refractivity contribution in [1.82, 2.24) is 21.1 Å². The predicted molar refractivity (Wildman–Crippen MR) is 101 cm³/mol. The number of nitrogens with one attached hydrogen (secondary N) is 3. The lowest BCUT2D eigenvalue weighted by Gasteiger charge is -2.22. The zero-order chi connectivity index (χ0) is 17.9. The van der Waals surface area contributed by atoms with E-state index in [1.165, 1.54) is 0 Å². The summed E-state index contributed by atoms with van der Waals surface area (Å²) in [4.78, 5) is 10.6. The molecule has 0 fully saturated rings. The molecule has 24 heavy (non-hydrogen) atoms. The van der Waals surface area contributed by atoms with Crippen LogP contribution >= 0.6 is 0 Å². The van der Waals surface area contributed by atoms with Gasteiger partial charge in [0.15, 0.2) is 0 Å². The van der Waals surface area contributed by atoms with Gasteiger partial charge in [0.05, 0.1) is 12.9 Å². The summed E-state index contributed by atoms with van der Waals surface area (Å²) in [6.45, 7) is 12.2. The molecule has 0 spiro atoms. The van der Waals surface area contributed by atoms with Crippen LogP contribution in [-0.2, 0) is 0 Å². The first-order valence-corrected chi connectivity index (χ1v) is 8.80. The van der Waals surface area contributed by atoms with E-state index in [0.29, 0.717) is 19.3 Å². The molecular weight excluding hydrogens is 304 g/mol. The fourth-order valence-corrected chi connectivity index (χ4v) is 2.42. The van der Waals surface area contributed by atoms with Crippen molar-refractivity contribution in [3.63, 3.8) is 0 Å². The summed E-state index contributed by atoms with van der Waals surface area (Å²) >= 11 is 0. The molecule has 0 aromatic rings. The van der Waals surface area contributed by atoms with Crippen LogP contribution in [0.2, 0.25) is 0 Å². The molecule has 4 N–H and O–H groups in total. The molecule has 1 rings (SSSR count). The van der Waals surface area contributed by atoms with Gasteiger partial charge < -0.3 is 10.0 Å². The average molecular weight is 339 g/mol. The lowest BCUT2D eigenvalue weighted by molar-refractivity contribution is 0.130. The van der Waals surface area contributed by atoms with Crippen molar-refractivity contribution in [2.24, 2.45) is 9.98 Å². The highest BCUT2D eigenvalue weighted by atomic mass is 16.3. The first-order valence-electron chi connectivity index (χ1n) is 8.80. The minimum absolute atomic E-state index is 0.241. The molecule has 1 aliphatic rings. The lowest BCUT2D eigenvalue weighted by Crippen LogP contribution is -2.42. The molecule has 7 heteroatoms. The Hall–Kier alpha value is -1.28. The molecule has 138 valence electrons. The Morgan fingerprint density at radius 1 is 1.33 bits per heavy atom. The number of nitrogens with zero attached hydrogens (tertiary/aromatic N) is 3. The molecule has 0 aromatic carbocycles. The number of aliphatic imine (C=N–C) groups is 2. The Kier molecular flexibility index (Phi) is 9.78. The maximum absolute atomic E-state index is 10.1. The maximum Gasteiger partial charge on any atom is 0.124 e. The summed E-state index contributed by atoms with van der Waals surface area (Å²) in [7, 11) is 0. The highest BCUT2D eigenvalue weighted by molar-refractivity contribution is 5.94. The Morgan fingerprint density at radius 2 is 2.04 bits per heavy atom. The van der Waals surface area contributed by atoms with Gasteiger partial charge in [-0.25, -0.2) is 0 Å². The third-order valence-electron chi connectivity index (χ3n) is 3.88. The van der Waals surface area contributed by atoms with E-state index < -0.39 is 6.23 Å². The molecule has 0 aromatic heterocycles. The fraction of sp³-hybridized carbons (Fsp3) is 0.765. The molecule has 0 bridgehead atoms. The molecule has 3 unspecified atom stereocenters. The topological polar surface area (TPSA) is 84.3 Å². The molecule has 1 heterocycles. The molecule has 0 radical (unpaired) electrons. The maximum atomic E-state index is 10.1. The van der Waals surface area contributed by atoms with Crippen molar-refractivity contribution in [3.05, 3.63) is 11.8 Å². The van der Waals surface area contributed by atoms with Gasteiger partial charge in [-0.2, -0.15) is 0 Å². The van der Waals surface area contributed by atoms with Gasteiger partial charge in [-0.3, -0.25) is 26.2 Å². The summed E-state index contributed by atoms with van der Waals surface area (Å²) in [6.07, 6.45) is 5.16. The van der Waals surface area contributed by atoms with Crippen LogP contribution in [0, 0.1) is 0 Å². The summed E-state index contributed by atoms with van der Waals surface area (Å²) < 4.78 is 0. The monoisotopic (exact) mass is 338 g/mol. The van der Waals surface area contributed by atoms with Gasteiger partial charge in [0.25, 0.3) is 0 Å². The summed E-state index contributed by atoms with van der Waals surface area (Å²) in [6, 6.07) is 0.646. The van der Waals surface area contributed by atoms with Crippen molar-refractivity contribution in [2.45, 2.75) is 65.8 Å². The lowest BCUT2D eigenvalue weighted by atomic mass is 10.1. The number of rotatable bonds is 11. The predicted octanol–water partition coefficient (Wildman–Crippen LogP) is 1.23. The smallest absolute Gasteiger partial charge is 0.124 e. The van der Waals surface area contributed by atoms with E-state index in [1.54, 1.807) is 6.34 Å². The van der Waals surface area contributed by atoms with Crippen LogP contribution in [0.5, 0.6) is 0 Å². The molecular formula is C17H34N6O. The Balaban J connectivity index is 2.22. The van der Waals surface area contributed by atoms with Gasteiger partial charge in [-0.05, 0) is 46.6 Å². The van der Waals surface area contributed by atoms with E-state index in [2.05, 4.69) is 46.9 Å². The number of hydrogen-bond donors (Lipinski definition) is 4. The van der Waals surface area contributed by atoms with E-state index in [-0.39, 0.29) is 6.04 Å². The van der Waals surface area contributed by atoms with Crippen LogP contribution in [0.4, 0.5) is 0 Å². The third-order valence-corrected chi connectivity index (χ3v) is 3.88. The van der Waals surface area contributed by atoms with Crippen molar-refractivity contribution >= 4 is 12.1 Å². The minimum Gasteiger partial charge on any atom is -0.377 e. The largest absolute Gasteiger partial charge is 0.377 e. The number of aliphatic hydroxyl groups is 1. The quantitative estimate of drug-likeness (QED) is 0.197. The van der Waals surface area contributed by atoms with Crippen molar-refractivity contribution in [2.75, 3.05) is 19.8 Å². The van der Waals surface area contributed by atoms with Crippen molar-refractivity contribution in [3.8, 4) is 0 Å². The number of aliphatic hydroxyl groups excluding tert-OH is 1. The van der Waals surface area contributed by atoms with E-state index in [9.17, 15) is 5.11 Å². The Labute approximate surface area is 146 Å². The zero-order valence-electron chi connectivity index (χ0n) is 15.7. The van der Waals surface area contributed by atoms with E-state index in [0.717, 1.165) is 30.8 Å². The van der Waals surface area contributed by atoms with Crippen LogP contribution in [0.1, 0.15) is 47.5 Å². The third kappa shape index (κ3) is 8.54. The molecule has 0 saturated carbocycles. The second-order valence-electron chi connectivity index (χ2n) is 6.41. The highest BCUT2D eigenvalue weighted by Crippen LogP contribution is 2.07. The normalized spacial score (nSPS) is 19.2. The van der Waals surface area contributed by atoms with Crippen LogP contribution in [0.15, 0.2) is 21.8 Å². The van der Waals surface area contributed by atoms with Gasteiger partial charge in [-0.1, -0.05) is 6.92 Å². The number of hydrogen-bond acceptors (Lipinski definition) is 6. The second-order valence-corrected chi connectivity index (χ2v) is 6.41. The minimum atomic E-state index is -0.632. The Bertz CT molecular complexity index is 448. The summed E-state index contributed by atoms with van der Waals surface area (Å²) in [5.74, 6) is 0. The molecule has 0 saturated heterocycles. The zero-order valence-corrected chi connectivity index (χ0v) is 15.7. The van der Waals surface area contributed by atoms with Crippen molar-refractivity contribution < 1.29 is 5.11 Å².